The molecule has 158 valence electrons. The number of esters is 1. The maximum Gasteiger partial charge on any atom is 0.410 e. The van der Waals surface area contributed by atoms with Crippen LogP contribution >= 0.6 is 15.9 Å². The molecule has 0 radical (unpaired) electrons. The summed E-state index contributed by atoms with van der Waals surface area (Å²) in [4.78, 5) is 34.7. The number of nitrogens with zero attached hydrogens (tertiary/aromatic N) is 3. The fourth-order valence-corrected chi connectivity index (χ4v) is 2.60. The second kappa shape index (κ2) is 10.2. The summed E-state index contributed by atoms with van der Waals surface area (Å²) in [7, 11) is 1.69. The Balaban J connectivity index is 2.70. The summed E-state index contributed by atoms with van der Waals surface area (Å²) in [6.07, 6.45) is 4.53. The van der Waals surface area contributed by atoms with Gasteiger partial charge in [0, 0.05) is 26.2 Å². The van der Waals surface area contributed by atoms with Crippen LogP contribution in [0.15, 0.2) is 17.0 Å². The fourth-order valence-electron chi connectivity index (χ4n) is 2.39. The smallest absolute Gasteiger partial charge is 0.410 e. The first-order valence-corrected chi connectivity index (χ1v) is 10.2. The Morgan fingerprint density at radius 3 is 2.18 bits per heavy atom. The highest BCUT2D eigenvalue weighted by Crippen LogP contribution is 2.20. The third-order valence-corrected chi connectivity index (χ3v) is 4.03. The van der Waals surface area contributed by atoms with Gasteiger partial charge in [0.1, 0.15) is 15.8 Å². The zero-order valence-corrected chi connectivity index (χ0v) is 19.5. The van der Waals surface area contributed by atoms with Gasteiger partial charge in [-0.3, -0.25) is 9.78 Å². The van der Waals surface area contributed by atoms with Gasteiger partial charge in [-0.25, -0.2) is 9.78 Å². The van der Waals surface area contributed by atoms with Gasteiger partial charge in [-0.1, -0.05) is 0 Å². The largest absolute Gasteiger partial charge is 0.460 e. The summed E-state index contributed by atoms with van der Waals surface area (Å²) in [5, 5.41) is 0. The SMILES string of the molecule is CN(CCC[C@H](Cc1cnc(Br)cn1)C(=O)OC(C)(C)C)C(=O)OC(C)(C)C. The molecule has 1 heterocycles. The summed E-state index contributed by atoms with van der Waals surface area (Å²) in [6.45, 7) is 11.5. The van der Waals surface area contributed by atoms with E-state index in [1.807, 2.05) is 41.5 Å². The van der Waals surface area contributed by atoms with Gasteiger partial charge in [0.2, 0.25) is 0 Å². The van der Waals surface area contributed by atoms with E-state index in [-0.39, 0.29) is 18.0 Å². The highest BCUT2D eigenvalue weighted by Gasteiger charge is 2.26. The van der Waals surface area contributed by atoms with Crippen molar-refractivity contribution in [1.82, 2.24) is 14.9 Å². The Kier molecular flexibility index (Phi) is 8.85. The molecule has 1 aromatic rings. The monoisotopic (exact) mass is 457 g/mol. The average Bonchev–Trinajstić information content (AvgIpc) is 2.52. The van der Waals surface area contributed by atoms with Crippen molar-refractivity contribution < 1.29 is 19.1 Å². The van der Waals surface area contributed by atoms with Gasteiger partial charge in [-0.2, -0.15) is 0 Å². The van der Waals surface area contributed by atoms with E-state index in [4.69, 9.17) is 9.47 Å². The van der Waals surface area contributed by atoms with Gasteiger partial charge in [-0.15, -0.1) is 0 Å². The molecular weight excluding hydrogens is 426 g/mol. The molecule has 0 bridgehead atoms. The number of rotatable bonds is 7. The molecule has 7 nitrogen and oxygen atoms in total. The van der Waals surface area contributed by atoms with Crippen LogP contribution in [0.4, 0.5) is 4.79 Å². The third-order valence-electron chi connectivity index (χ3n) is 3.62. The van der Waals surface area contributed by atoms with E-state index in [0.29, 0.717) is 30.4 Å². The molecule has 0 aromatic carbocycles. The van der Waals surface area contributed by atoms with Crippen molar-refractivity contribution in [2.24, 2.45) is 5.92 Å². The molecule has 0 N–H and O–H groups in total. The molecule has 1 rings (SSSR count). The van der Waals surface area contributed by atoms with Gasteiger partial charge in [0.15, 0.2) is 0 Å². The van der Waals surface area contributed by atoms with Crippen LogP contribution in [0.2, 0.25) is 0 Å². The molecule has 0 unspecified atom stereocenters. The van der Waals surface area contributed by atoms with Crippen molar-refractivity contribution in [2.45, 2.75) is 72.0 Å². The van der Waals surface area contributed by atoms with E-state index in [2.05, 4.69) is 25.9 Å². The molecule has 0 aliphatic carbocycles. The van der Waals surface area contributed by atoms with Crippen molar-refractivity contribution in [1.29, 1.82) is 0 Å². The molecule has 0 saturated carbocycles. The van der Waals surface area contributed by atoms with Crippen LogP contribution in [0.3, 0.4) is 0 Å². The molecule has 0 fully saturated rings. The molecule has 1 atom stereocenters. The summed E-state index contributed by atoms with van der Waals surface area (Å²) in [6, 6.07) is 0. The minimum absolute atomic E-state index is 0.267. The lowest BCUT2D eigenvalue weighted by molar-refractivity contribution is -0.160. The number of hydrogen-bond donors (Lipinski definition) is 0. The van der Waals surface area contributed by atoms with Gasteiger partial charge in [0.05, 0.1) is 17.8 Å². The van der Waals surface area contributed by atoms with E-state index in [1.54, 1.807) is 19.4 Å². The zero-order chi connectivity index (χ0) is 21.5. The number of aromatic nitrogens is 2. The first-order valence-electron chi connectivity index (χ1n) is 9.40. The van der Waals surface area contributed by atoms with Crippen LogP contribution < -0.4 is 0 Å². The van der Waals surface area contributed by atoms with Crippen LogP contribution in [0, 0.1) is 5.92 Å². The molecule has 28 heavy (non-hydrogen) atoms. The van der Waals surface area contributed by atoms with Crippen molar-refractivity contribution in [3.05, 3.63) is 22.7 Å². The highest BCUT2D eigenvalue weighted by molar-refractivity contribution is 9.10. The summed E-state index contributed by atoms with van der Waals surface area (Å²) in [5.74, 6) is -0.626. The normalized spacial score (nSPS) is 13.0. The Hall–Kier alpha value is -1.70. The van der Waals surface area contributed by atoms with Crippen LogP contribution in [0.25, 0.3) is 0 Å². The number of carbonyl (C=O) groups excluding carboxylic acids is 2. The predicted molar refractivity (Wildman–Crippen MR) is 111 cm³/mol. The molecule has 0 aliphatic rings. The zero-order valence-electron chi connectivity index (χ0n) is 17.9. The number of ether oxygens (including phenoxy) is 2. The fraction of sp³-hybridized carbons (Fsp3) is 0.700. The van der Waals surface area contributed by atoms with E-state index in [0.717, 1.165) is 5.69 Å². The minimum atomic E-state index is -0.561. The Morgan fingerprint density at radius 1 is 1.07 bits per heavy atom. The van der Waals surface area contributed by atoms with E-state index in [1.165, 1.54) is 4.90 Å². The summed E-state index contributed by atoms with van der Waals surface area (Å²) < 4.78 is 11.6. The Morgan fingerprint density at radius 2 is 1.68 bits per heavy atom. The molecular formula is C20H32BrN3O4. The average molecular weight is 458 g/mol. The molecule has 0 saturated heterocycles. The quantitative estimate of drug-likeness (QED) is 0.564. The second-order valence-corrected chi connectivity index (χ2v) is 9.62. The van der Waals surface area contributed by atoms with Gasteiger partial charge < -0.3 is 14.4 Å². The molecule has 8 heteroatoms. The maximum absolute atomic E-state index is 12.6. The number of halogens is 1. The Labute approximate surface area is 176 Å². The van der Waals surface area contributed by atoms with Crippen LogP contribution in [0.1, 0.15) is 60.1 Å². The molecule has 1 amide bonds. The summed E-state index contributed by atoms with van der Waals surface area (Å²) >= 11 is 3.26. The first-order chi connectivity index (χ1) is 12.8. The highest BCUT2D eigenvalue weighted by atomic mass is 79.9. The van der Waals surface area contributed by atoms with E-state index >= 15 is 0 Å². The van der Waals surface area contributed by atoms with E-state index < -0.39 is 11.2 Å². The van der Waals surface area contributed by atoms with Crippen LogP contribution in [0.5, 0.6) is 0 Å². The van der Waals surface area contributed by atoms with E-state index in [9.17, 15) is 9.59 Å². The first kappa shape index (κ1) is 24.3. The van der Waals surface area contributed by atoms with Crippen LogP contribution in [-0.4, -0.2) is 51.7 Å². The predicted octanol–water partition coefficient (Wildman–Crippen LogP) is 4.39. The molecule has 0 spiro atoms. The van der Waals surface area contributed by atoms with Gasteiger partial charge in [-0.05, 0) is 70.3 Å². The lowest BCUT2D eigenvalue weighted by atomic mass is 9.97. The van der Waals surface area contributed by atoms with Crippen molar-refractivity contribution in [2.75, 3.05) is 13.6 Å². The number of amides is 1. The number of hydrogen-bond acceptors (Lipinski definition) is 6. The minimum Gasteiger partial charge on any atom is -0.460 e. The van der Waals surface area contributed by atoms with Gasteiger partial charge in [0.25, 0.3) is 0 Å². The molecule has 1 aromatic heterocycles. The van der Waals surface area contributed by atoms with Crippen molar-refractivity contribution in [3.8, 4) is 0 Å². The topological polar surface area (TPSA) is 81.6 Å². The Bertz CT molecular complexity index is 651. The lowest BCUT2D eigenvalue weighted by Crippen LogP contribution is -2.35. The maximum atomic E-state index is 12.6. The number of carbonyl (C=O) groups is 2. The van der Waals surface area contributed by atoms with Crippen molar-refractivity contribution in [3.63, 3.8) is 0 Å². The van der Waals surface area contributed by atoms with Gasteiger partial charge >= 0.3 is 12.1 Å². The lowest BCUT2D eigenvalue weighted by Gasteiger charge is -2.26. The molecule has 0 aliphatic heterocycles. The third kappa shape index (κ3) is 10.0. The van der Waals surface area contributed by atoms with Crippen molar-refractivity contribution >= 4 is 28.0 Å². The standard InChI is InChI=1S/C20H32BrN3O4/c1-19(2,3)27-17(25)14(11-15-12-23-16(21)13-22-15)9-8-10-24(7)18(26)28-20(4,5)6/h12-14H,8-11H2,1-7H3/t14-/m1/s1. The second-order valence-electron chi connectivity index (χ2n) is 8.81. The van der Waals surface area contributed by atoms with Crippen LogP contribution in [-0.2, 0) is 20.7 Å². The summed E-state index contributed by atoms with van der Waals surface area (Å²) in [5.41, 5.74) is -0.377.